The zero-order chi connectivity index (χ0) is 21.0. The van der Waals surface area contributed by atoms with E-state index in [1.807, 2.05) is 30.3 Å². The maximum absolute atomic E-state index is 12.7. The summed E-state index contributed by atoms with van der Waals surface area (Å²) in [6.07, 6.45) is 2.80. The molecular formula is C21H25N5O3S. The third-order valence-corrected chi connectivity index (χ3v) is 7.19. The van der Waals surface area contributed by atoms with E-state index in [1.165, 1.54) is 4.31 Å². The number of carbonyl (C=O) groups excluding carboxylic acids is 1. The SMILES string of the molecule is O=C(CCCn1nnc2cc(S(=O)(=O)N3CCCC3)ccc21)NCc1ccccc1. The van der Waals surface area contributed by atoms with Crippen molar-refractivity contribution in [3.05, 3.63) is 54.1 Å². The zero-order valence-electron chi connectivity index (χ0n) is 16.7. The fourth-order valence-corrected chi connectivity index (χ4v) is 5.17. The minimum absolute atomic E-state index is 0.0118. The van der Waals surface area contributed by atoms with Gasteiger partial charge in [0, 0.05) is 32.6 Å². The van der Waals surface area contributed by atoms with Crippen LogP contribution in [0.1, 0.15) is 31.2 Å². The minimum atomic E-state index is -3.47. The summed E-state index contributed by atoms with van der Waals surface area (Å²) in [6, 6.07) is 14.7. The number of fused-ring (bicyclic) bond motifs is 1. The maximum Gasteiger partial charge on any atom is 0.243 e. The van der Waals surface area contributed by atoms with Crippen LogP contribution >= 0.6 is 0 Å². The molecule has 1 saturated heterocycles. The van der Waals surface area contributed by atoms with Crippen molar-refractivity contribution in [1.29, 1.82) is 0 Å². The molecule has 0 unspecified atom stereocenters. The molecule has 3 aromatic rings. The van der Waals surface area contributed by atoms with Crippen LogP contribution in [0.2, 0.25) is 0 Å². The van der Waals surface area contributed by atoms with Gasteiger partial charge in [0.25, 0.3) is 0 Å². The summed E-state index contributed by atoms with van der Waals surface area (Å²) in [7, 11) is -3.47. The molecule has 30 heavy (non-hydrogen) atoms. The highest BCUT2D eigenvalue weighted by Gasteiger charge is 2.27. The fraction of sp³-hybridized carbons (Fsp3) is 0.381. The van der Waals surface area contributed by atoms with Crippen molar-refractivity contribution in [2.45, 2.75) is 43.7 Å². The number of aromatic nitrogens is 3. The largest absolute Gasteiger partial charge is 0.352 e. The zero-order valence-corrected chi connectivity index (χ0v) is 17.5. The smallest absolute Gasteiger partial charge is 0.243 e. The van der Waals surface area contributed by atoms with Crippen LogP contribution in [-0.2, 0) is 27.9 Å². The molecule has 8 nitrogen and oxygen atoms in total. The summed E-state index contributed by atoms with van der Waals surface area (Å²) in [5.41, 5.74) is 2.37. The van der Waals surface area contributed by atoms with Gasteiger partial charge < -0.3 is 5.32 Å². The second-order valence-corrected chi connectivity index (χ2v) is 9.38. The number of hydrogen-bond donors (Lipinski definition) is 1. The average Bonchev–Trinajstić information content (AvgIpc) is 3.43. The van der Waals surface area contributed by atoms with Crippen LogP contribution in [0.5, 0.6) is 0 Å². The minimum Gasteiger partial charge on any atom is -0.352 e. The van der Waals surface area contributed by atoms with Crippen molar-refractivity contribution >= 4 is 27.0 Å². The molecular weight excluding hydrogens is 402 g/mol. The van der Waals surface area contributed by atoms with Crippen molar-refractivity contribution in [3.63, 3.8) is 0 Å². The highest BCUT2D eigenvalue weighted by Crippen LogP contribution is 2.23. The summed E-state index contributed by atoms with van der Waals surface area (Å²) in [5.74, 6) is -0.0118. The Kier molecular flexibility index (Phi) is 6.10. The molecule has 0 aliphatic carbocycles. The van der Waals surface area contributed by atoms with Crippen molar-refractivity contribution in [2.75, 3.05) is 13.1 Å². The Bertz CT molecular complexity index is 1120. The van der Waals surface area contributed by atoms with E-state index in [-0.39, 0.29) is 10.8 Å². The van der Waals surface area contributed by atoms with Gasteiger partial charge in [-0.3, -0.25) is 4.79 Å². The number of amides is 1. The van der Waals surface area contributed by atoms with Gasteiger partial charge in [0.05, 0.1) is 10.4 Å². The first-order valence-electron chi connectivity index (χ1n) is 10.2. The number of hydrogen-bond acceptors (Lipinski definition) is 5. The lowest BCUT2D eigenvalue weighted by Gasteiger charge is -2.15. The van der Waals surface area contributed by atoms with Gasteiger partial charge in [-0.05, 0) is 43.0 Å². The average molecular weight is 428 g/mol. The van der Waals surface area contributed by atoms with Gasteiger partial charge in [-0.2, -0.15) is 4.31 Å². The molecule has 4 rings (SSSR count). The molecule has 1 N–H and O–H groups in total. The number of carbonyl (C=O) groups is 1. The summed E-state index contributed by atoms with van der Waals surface area (Å²) in [4.78, 5) is 12.3. The molecule has 158 valence electrons. The number of nitrogens with zero attached hydrogens (tertiary/aromatic N) is 4. The first-order chi connectivity index (χ1) is 14.5. The normalized spacial score (nSPS) is 14.9. The molecule has 1 fully saturated rings. The van der Waals surface area contributed by atoms with Crippen LogP contribution in [0.15, 0.2) is 53.4 Å². The van der Waals surface area contributed by atoms with Gasteiger partial charge in [0.2, 0.25) is 15.9 Å². The van der Waals surface area contributed by atoms with Crippen LogP contribution in [0.25, 0.3) is 11.0 Å². The van der Waals surface area contributed by atoms with E-state index in [1.54, 1.807) is 22.9 Å². The Morgan fingerprint density at radius 2 is 1.83 bits per heavy atom. The second kappa shape index (κ2) is 8.93. The van der Waals surface area contributed by atoms with Crippen molar-refractivity contribution in [2.24, 2.45) is 0 Å². The predicted octanol–water partition coefficient (Wildman–Crippen LogP) is 2.31. The molecule has 2 aromatic carbocycles. The van der Waals surface area contributed by atoms with E-state index >= 15 is 0 Å². The van der Waals surface area contributed by atoms with E-state index in [0.717, 1.165) is 23.9 Å². The first kappa shape index (κ1) is 20.5. The molecule has 0 spiro atoms. The van der Waals surface area contributed by atoms with Gasteiger partial charge in [-0.1, -0.05) is 35.5 Å². The molecule has 1 aromatic heterocycles. The van der Waals surface area contributed by atoms with E-state index in [9.17, 15) is 13.2 Å². The quantitative estimate of drug-likeness (QED) is 0.595. The van der Waals surface area contributed by atoms with Crippen molar-refractivity contribution in [1.82, 2.24) is 24.6 Å². The third kappa shape index (κ3) is 4.52. The van der Waals surface area contributed by atoms with Crippen LogP contribution in [0.4, 0.5) is 0 Å². The van der Waals surface area contributed by atoms with E-state index in [0.29, 0.717) is 44.5 Å². The number of benzene rings is 2. The topological polar surface area (TPSA) is 97.2 Å². The number of aryl methyl sites for hydroxylation is 1. The highest BCUT2D eigenvalue weighted by atomic mass is 32.2. The monoisotopic (exact) mass is 427 g/mol. The van der Waals surface area contributed by atoms with E-state index < -0.39 is 10.0 Å². The van der Waals surface area contributed by atoms with Crippen LogP contribution in [0, 0.1) is 0 Å². The summed E-state index contributed by atoms with van der Waals surface area (Å²) in [5, 5.41) is 11.2. The Morgan fingerprint density at radius 3 is 2.60 bits per heavy atom. The Balaban J connectivity index is 1.34. The lowest BCUT2D eigenvalue weighted by atomic mass is 10.2. The van der Waals surface area contributed by atoms with Gasteiger partial charge in [0.1, 0.15) is 5.52 Å². The molecule has 0 bridgehead atoms. The van der Waals surface area contributed by atoms with Gasteiger partial charge >= 0.3 is 0 Å². The third-order valence-electron chi connectivity index (χ3n) is 5.29. The lowest BCUT2D eigenvalue weighted by Crippen LogP contribution is -2.27. The van der Waals surface area contributed by atoms with Crippen LogP contribution in [-0.4, -0.2) is 46.7 Å². The van der Waals surface area contributed by atoms with E-state index in [4.69, 9.17) is 0 Å². The van der Waals surface area contributed by atoms with Crippen LogP contribution in [0.3, 0.4) is 0 Å². The summed E-state index contributed by atoms with van der Waals surface area (Å²) in [6.45, 7) is 2.19. The van der Waals surface area contributed by atoms with Crippen molar-refractivity contribution in [3.8, 4) is 0 Å². The molecule has 0 radical (unpaired) electrons. The second-order valence-electron chi connectivity index (χ2n) is 7.44. The highest BCUT2D eigenvalue weighted by molar-refractivity contribution is 7.89. The van der Waals surface area contributed by atoms with Gasteiger partial charge in [-0.25, -0.2) is 13.1 Å². The standard InChI is InChI=1S/C21H25N5O3S/c27-21(22-16-17-7-2-1-3-8-17)9-6-14-26-20-11-10-18(15-19(20)23-24-26)30(28,29)25-12-4-5-13-25/h1-3,7-8,10-11,15H,4-6,9,12-14,16H2,(H,22,27). The molecule has 1 amide bonds. The first-order valence-corrected chi connectivity index (χ1v) is 11.6. The van der Waals surface area contributed by atoms with Gasteiger partial charge in [0.15, 0.2) is 0 Å². The number of rotatable bonds is 8. The molecule has 2 heterocycles. The van der Waals surface area contributed by atoms with E-state index in [2.05, 4.69) is 15.6 Å². The van der Waals surface area contributed by atoms with Crippen LogP contribution < -0.4 is 5.32 Å². The fourth-order valence-electron chi connectivity index (χ4n) is 3.63. The number of sulfonamides is 1. The molecule has 0 atom stereocenters. The predicted molar refractivity (Wildman–Crippen MR) is 113 cm³/mol. The molecule has 1 aliphatic rings. The lowest BCUT2D eigenvalue weighted by molar-refractivity contribution is -0.121. The Hall–Kier alpha value is -2.78. The Morgan fingerprint density at radius 1 is 1.07 bits per heavy atom. The van der Waals surface area contributed by atoms with Gasteiger partial charge in [-0.15, -0.1) is 5.10 Å². The number of nitrogens with one attached hydrogen (secondary N) is 1. The molecule has 9 heteroatoms. The summed E-state index contributed by atoms with van der Waals surface area (Å²) < 4.78 is 28.7. The maximum atomic E-state index is 12.7. The molecule has 1 aliphatic heterocycles. The Labute approximate surface area is 175 Å². The summed E-state index contributed by atoms with van der Waals surface area (Å²) >= 11 is 0. The van der Waals surface area contributed by atoms with Crippen molar-refractivity contribution < 1.29 is 13.2 Å². The molecule has 0 saturated carbocycles.